The van der Waals surface area contributed by atoms with Gasteiger partial charge in [-0.05, 0) is 6.92 Å². The van der Waals surface area contributed by atoms with E-state index in [4.69, 9.17) is 4.74 Å². The minimum Gasteiger partial charge on any atom is -0.385 e. The van der Waals surface area contributed by atoms with Gasteiger partial charge in [-0.25, -0.2) is 0 Å². The van der Waals surface area contributed by atoms with E-state index < -0.39 is 0 Å². The highest BCUT2D eigenvalue weighted by atomic mass is 28.2. The van der Waals surface area contributed by atoms with E-state index in [1.807, 2.05) is 13.0 Å². The summed E-state index contributed by atoms with van der Waals surface area (Å²) in [6, 6.07) is 10.5. The van der Waals surface area contributed by atoms with Gasteiger partial charge in [-0.1, -0.05) is 35.5 Å². The molecule has 1 rings (SSSR count). The fourth-order valence-corrected chi connectivity index (χ4v) is 1.90. The summed E-state index contributed by atoms with van der Waals surface area (Å²) in [7, 11) is 0.322. The lowest BCUT2D eigenvalue weighted by Crippen LogP contribution is -2.18. The van der Waals surface area contributed by atoms with Crippen LogP contribution in [-0.2, 0) is 4.74 Å². The van der Waals surface area contributed by atoms with E-state index in [9.17, 15) is 0 Å². The maximum absolute atomic E-state index is 5.27. The molecule has 0 spiro atoms. The van der Waals surface area contributed by atoms with Crippen molar-refractivity contribution < 1.29 is 4.74 Å². The Hall–Kier alpha value is -0.603. The zero-order valence-electron chi connectivity index (χ0n) is 6.79. The fourth-order valence-electron chi connectivity index (χ4n) is 0.862. The number of benzene rings is 1. The fraction of sp³-hybridized carbons (Fsp3) is 0.333. The molecule has 11 heavy (non-hydrogen) atoms. The number of rotatable bonds is 4. The smallest absolute Gasteiger partial charge is 0.0985 e. The quantitative estimate of drug-likeness (QED) is 0.472. The van der Waals surface area contributed by atoms with Gasteiger partial charge in [0.15, 0.2) is 0 Å². The molecule has 0 aromatic heterocycles. The lowest BCUT2D eigenvalue weighted by Gasteiger charge is -1.99. The first-order valence-corrected chi connectivity index (χ1v) is 5.29. The number of ether oxygens (including phenoxy) is 1. The molecule has 2 heteroatoms. The number of hydrogen-bond acceptors (Lipinski definition) is 1. The molecule has 0 amide bonds. The summed E-state index contributed by atoms with van der Waals surface area (Å²) in [6.45, 7) is 2.87. The van der Waals surface area contributed by atoms with Crippen LogP contribution in [0.2, 0.25) is 0 Å². The summed E-state index contributed by atoms with van der Waals surface area (Å²) < 4.78 is 5.27. The molecule has 0 saturated heterocycles. The van der Waals surface area contributed by atoms with Crippen LogP contribution in [0.3, 0.4) is 0 Å². The van der Waals surface area contributed by atoms with Crippen molar-refractivity contribution in [1.82, 2.24) is 0 Å². The molecule has 0 atom stereocenters. The molecule has 1 radical (unpaired) electrons. The van der Waals surface area contributed by atoms with Crippen molar-refractivity contribution in [3.05, 3.63) is 30.3 Å². The Labute approximate surface area is 70.2 Å². The monoisotopic (exact) mass is 165 g/mol. The first kappa shape index (κ1) is 8.49. The maximum atomic E-state index is 5.27. The summed E-state index contributed by atoms with van der Waals surface area (Å²) >= 11 is 0. The Morgan fingerprint density at radius 2 is 2.00 bits per heavy atom. The highest BCUT2D eigenvalue weighted by Crippen LogP contribution is 1.81. The third-order valence-corrected chi connectivity index (χ3v) is 2.70. The van der Waals surface area contributed by atoms with Gasteiger partial charge < -0.3 is 4.74 Å². The molecule has 1 aromatic carbocycles. The Morgan fingerprint density at radius 1 is 1.27 bits per heavy atom. The van der Waals surface area contributed by atoms with E-state index in [1.54, 1.807) is 0 Å². The van der Waals surface area contributed by atoms with Crippen molar-refractivity contribution in [2.75, 3.05) is 12.8 Å². The molecule has 0 saturated carbocycles. The highest BCUT2D eigenvalue weighted by Gasteiger charge is 1.90. The number of hydrogen-bond donors (Lipinski definition) is 0. The third-order valence-electron chi connectivity index (χ3n) is 1.44. The van der Waals surface area contributed by atoms with Gasteiger partial charge in [0.2, 0.25) is 0 Å². The van der Waals surface area contributed by atoms with Gasteiger partial charge in [-0.2, -0.15) is 0 Å². The third kappa shape index (κ3) is 3.35. The van der Waals surface area contributed by atoms with Gasteiger partial charge in [-0.3, -0.25) is 0 Å². The zero-order chi connectivity index (χ0) is 7.94. The molecule has 0 unspecified atom stereocenters. The topological polar surface area (TPSA) is 9.23 Å². The van der Waals surface area contributed by atoms with Gasteiger partial charge in [-0.15, -0.1) is 0 Å². The molecule has 0 aliphatic heterocycles. The van der Waals surface area contributed by atoms with Crippen molar-refractivity contribution in [3.8, 4) is 0 Å². The van der Waals surface area contributed by atoms with Crippen molar-refractivity contribution in [2.45, 2.75) is 6.92 Å². The lowest BCUT2D eigenvalue weighted by atomic mass is 10.4. The summed E-state index contributed by atoms with van der Waals surface area (Å²) in [5.41, 5.74) is 0. The molecule has 0 aliphatic rings. The van der Waals surface area contributed by atoms with Crippen LogP contribution in [0.15, 0.2) is 30.3 Å². The zero-order valence-corrected chi connectivity index (χ0v) is 7.94. The van der Waals surface area contributed by atoms with E-state index in [1.165, 1.54) is 5.19 Å². The van der Waals surface area contributed by atoms with Crippen LogP contribution in [0, 0.1) is 0 Å². The van der Waals surface area contributed by atoms with E-state index in [0.29, 0.717) is 9.52 Å². The lowest BCUT2D eigenvalue weighted by molar-refractivity contribution is 0.193. The Bertz CT molecular complexity index is 186. The molecule has 0 heterocycles. The SMILES string of the molecule is CCOC[SiH]c1ccccc1. The Kier molecular flexibility index (Phi) is 3.94. The van der Waals surface area contributed by atoms with Crippen molar-refractivity contribution >= 4 is 14.7 Å². The van der Waals surface area contributed by atoms with Crippen LogP contribution in [0.4, 0.5) is 0 Å². The summed E-state index contributed by atoms with van der Waals surface area (Å²) in [5, 5.41) is 1.43. The van der Waals surface area contributed by atoms with Crippen LogP contribution in [0.25, 0.3) is 0 Å². The van der Waals surface area contributed by atoms with Crippen molar-refractivity contribution in [1.29, 1.82) is 0 Å². The highest BCUT2D eigenvalue weighted by molar-refractivity contribution is 6.53. The largest absolute Gasteiger partial charge is 0.385 e. The summed E-state index contributed by atoms with van der Waals surface area (Å²) in [6.07, 6.45) is 0.917. The molecule has 0 aliphatic carbocycles. The molecule has 1 nitrogen and oxygen atoms in total. The minimum atomic E-state index is 0.322. The maximum Gasteiger partial charge on any atom is 0.0985 e. The predicted molar refractivity (Wildman–Crippen MR) is 49.7 cm³/mol. The predicted octanol–water partition coefficient (Wildman–Crippen LogP) is 0.742. The molecular weight excluding hydrogens is 152 g/mol. The second-order valence-corrected chi connectivity index (χ2v) is 3.68. The van der Waals surface area contributed by atoms with Crippen LogP contribution in [0.5, 0.6) is 0 Å². The van der Waals surface area contributed by atoms with Crippen LogP contribution in [0.1, 0.15) is 6.92 Å². The normalized spacial score (nSPS) is 9.91. The van der Waals surface area contributed by atoms with Gasteiger partial charge in [0.25, 0.3) is 0 Å². The molecule has 0 bridgehead atoms. The average molecular weight is 165 g/mol. The van der Waals surface area contributed by atoms with Crippen molar-refractivity contribution in [2.24, 2.45) is 0 Å². The first-order chi connectivity index (χ1) is 5.43. The first-order valence-electron chi connectivity index (χ1n) is 3.89. The Morgan fingerprint density at radius 3 is 2.64 bits per heavy atom. The minimum absolute atomic E-state index is 0.322. The molecule has 0 N–H and O–H groups in total. The summed E-state index contributed by atoms with van der Waals surface area (Å²) in [5.74, 6) is 0. The second kappa shape index (κ2) is 5.10. The van der Waals surface area contributed by atoms with E-state index in [-0.39, 0.29) is 0 Å². The van der Waals surface area contributed by atoms with Gasteiger partial charge in [0.05, 0.1) is 9.52 Å². The second-order valence-electron chi connectivity index (χ2n) is 2.27. The van der Waals surface area contributed by atoms with Gasteiger partial charge in [0, 0.05) is 12.8 Å². The summed E-state index contributed by atoms with van der Waals surface area (Å²) in [4.78, 5) is 0. The molecule has 1 aromatic rings. The van der Waals surface area contributed by atoms with Crippen LogP contribution >= 0.6 is 0 Å². The van der Waals surface area contributed by atoms with E-state index in [2.05, 4.69) is 24.3 Å². The van der Waals surface area contributed by atoms with Gasteiger partial charge in [0.1, 0.15) is 0 Å². The van der Waals surface area contributed by atoms with E-state index >= 15 is 0 Å². The Balaban J connectivity index is 2.28. The standard InChI is InChI=1S/C9H13OSi/c1-2-10-8-11-9-6-4-3-5-7-9/h3-7,11H,2,8H2,1H3. The van der Waals surface area contributed by atoms with Crippen LogP contribution < -0.4 is 5.19 Å². The van der Waals surface area contributed by atoms with E-state index in [0.717, 1.165) is 12.8 Å². The molecule has 59 valence electrons. The molecule has 0 fully saturated rings. The molecular formula is C9H13OSi. The van der Waals surface area contributed by atoms with Crippen LogP contribution in [-0.4, -0.2) is 22.4 Å². The van der Waals surface area contributed by atoms with Gasteiger partial charge >= 0.3 is 0 Å². The average Bonchev–Trinajstić information content (AvgIpc) is 2.07. The van der Waals surface area contributed by atoms with Crippen molar-refractivity contribution in [3.63, 3.8) is 0 Å².